The molecule has 1 aromatic carbocycles. The van der Waals surface area contributed by atoms with Crippen molar-refractivity contribution in [2.75, 3.05) is 6.54 Å². The van der Waals surface area contributed by atoms with Gasteiger partial charge in [0.05, 0.1) is 0 Å². The fraction of sp³-hybridized carbons (Fsp3) is 0.286. The molecule has 0 aliphatic heterocycles. The minimum atomic E-state index is 0.421. The molecule has 96 valence electrons. The van der Waals surface area contributed by atoms with E-state index in [1.54, 1.807) is 12.1 Å². The van der Waals surface area contributed by atoms with E-state index in [4.69, 9.17) is 26.5 Å². The largest absolute Gasteiger partial charge is 0.486 e. The van der Waals surface area contributed by atoms with Crippen molar-refractivity contribution >= 4 is 11.6 Å². The van der Waals surface area contributed by atoms with Crippen molar-refractivity contribution in [3.8, 4) is 5.75 Å². The van der Waals surface area contributed by atoms with Crippen LogP contribution in [0.15, 0.2) is 40.8 Å². The molecule has 0 saturated heterocycles. The smallest absolute Gasteiger partial charge is 0.146 e. The summed E-state index contributed by atoms with van der Waals surface area (Å²) >= 11 is 5.80. The number of ether oxygens (including phenoxy) is 1. The molecule has 0 bridgehead atoms. The zero-order valence-electron chi connectivity index (χ0n) is 10.1. The number of hydrogen-bond acceptors (Lipinski definition) is 3. The van der Waals surface area contributed by atoms with Gasteiger partial charge in [-0.05, 0) is 49.4 Å². The van der Waals surface area contributed by atoms with E-state index >= 15 is 0 Å². The van der Waals surface area contributed by atoms with Crippen molar-refractivity contribution in [2.24, 2.45) is 5.73 Å². The van der Waals surface area contributed by atoms with Crippen LogP contribution in [0.1, 0.15) is 17.9 Å². The predicted octanol–water partition coefficient (Wildman–Crippen LogP) is 3.40. The van der Waals surface area contributed by atoms with Gasteiger partial charge in [0, 0.05) is 11.4 Å². The summed E-state index contributed by atoms with van der Waals surface area (Å²) in [5.41, 5.74) is 5.45. The van der Waals surface area contributed by atoms with E-state index in [1.807, 2.05) is 24.3 Å². The molecule has 0 amide bonds. The number of nitrogens with two attached hydrogens (primary N) is 1. The topological polar surface area (TPSA) is 48.4 Å². The summed E-state index contributed by atoms with van der Waals surface area (Å²) in [4.78, 5) is 0. The average molecular weight is 266 g/mol. The first kappa shape index (κ1) is 13.0. The van der Waals surface area contributed by atoms with Gasteiger partial charge in [0.25, 0.3) is 0 Å². The highest BCUT2D eigenvalue weighted by Gasteiger charge is 2.03. The van der Waals surface area contributed by atoms with Crippen LogP contribution in [0.2, 0.25) is 5.02 Å². The molecule has 0 aliphatic carbocycles. The van der Waals surface area contributed by atoms with Crippen LogP contribution >= 0.6 is 11.6 Å². The van der Waals surface area contributed by atoms with E-state index in [0.29, 0.717) is 18.2 Å². The summed E-state index contributed by atoms with van der Waals surface area (Å²) in [6.45, 7) is 1.10. The molecule has 0 saturated carbocycles. The molecule has 2 rings (SSSR count). The summed E-state index contributed by atoms with van der Waals surface area (Å²) < 4.78 is 11.2. The predicted molar refractivity (Wildman–Crippen MR) is 71.9 cm³/mol. The van der Waals surface area contributed by atoms with Gasteiger partial charge in [0.2, 0.25) is 0 Å². The maximum absolute atomic E-state index is 5.80. The van der Waals surface area contributed by atoms with Gasteiger partial charge in [0.15, 0.2) is 0 Å². The number of rotatable bonds is 6. The second-order valence-electron chi connectivity index (χ2n) is 4.00. The van der Waals surface area contributed by atoms with Crippen molar-refractivity contribution in [3.63, 3.8) is 0 Å². The molecule has 0 aliphatic rings. The third-order valence-corrected chi connectivity index (χ3v) is 2.79. The highest BCUT2D eigenvalue weighted by Crippen LogP contribution is 2.18. The van der Waals surface area contributed by atoms with Crippen LogP contribution in [0.3, 0.4) is 0 Å². The second kappa shape index (κ2) is 6.47. The molecule has 18 heavy (non-hydrogen) atoms. The lowest BCUT2D eigenvalue weighted by Gasteiger charge is -2.03. The van der Waals surface area contributed by atoms with Crippen molar-refractivity contribution in [1.82, 2.24) is 0 Å². The quantitative estimate of drug-likeness (QED) is 0.871. The van der Waals surface area contributed by atoms with Gasteiger partial charge in [-0.1, -0.05) is 11.6 Å². The van der Waals surface area contributed by atoms with Crippen molar-refractivity contribution in [2.45, 2.75) is 19.4 Å². The van der Waals surface area contributed by atoms with Gasteiger partial charge < -0.3 is 14.9 Å². The van der Waals surface area contributed by atoms with E-state index in [1.165, 1.54) is 0 Å². The Balaban J connectivity index is 1.86. The maximum atomic E-state index is 5.80. The maximum Gasteiger partial charge on any atom is 0.146 e. The lowest BCUT2D eigenvalue weighted by molar-refractivity contribution is 0.266. The first-order valence-corrected chi connectivity index (χ1v) is 6.32. The standard InChI is InChI=1S/C14H16ClNO2/c15-11-3-5-12(6-4-11)17-10-14-8-7-13(18-14)2-1-9-16/h3-8H,1-2,9-10,16H2. The SMILES string of the molecule is NCCCc1ccc(COc2ccc(Cl)cc2)o1. The zero-order valence-corrected chi connectivity index (χ0v) is 10.8. The molecule has 4 heteroatoms. The van der Waals surface area contributed by atoms with Crippen LogP contribution in [-0.4, -0.2) is 6.54 Å². The van der Waals surface area contributed by atoms with Crippen LogP contribution < -0.4 is 10.5 Å². The first-order valence-electron chi connectivity index (χ1n) is 5.94. The van der Waals surface area contributed by atoms with Crippen LogP contribution in [0.4, 0.5) is 0 Å². The fourth-order valence-electron chi connectivity index (χ4n) is 1.60. The molecular formula is C14H16ClNO2. The second-order valence-corrected chi connectivity index (χ2v) is 4.44. The number of halogens is 1. The Labute approximate surface area is 111 Å². The Bertz CT molecular complexity index is 479. The average Bonchev–Trinajstić information content (AvgIpc) is 2.84. The summed E-state index contributed by atoms with van der Waals surface area (Å²) in [5, 5.41) is 0.699. The Kier molecular flexibility index (Phi) is 4.67. The van der Waals surface area contributed by atoms with Gasteiger partial charge >= 0.3 is 0 Å². The van der Waals surface area contributed by atoms with Gasteiger partial charge in [-0.25, -0.2) is 0 Å². The summed E-state index contributed by atoms with van der Waals surface area (Å²) in [7, 11) is 0. The molecule has 2 N–H and O–H groups in total. The number of benzene rings is 1. The summed E-state index contributed by atoms with van der Waals surface area (Å²) in [6.07, 6.45) is 1.81. The molecule has 0 unspecified atom stereocenters. The van der Waals surface area contributed by atoms with Crippen LogP contribution in [0, 0.1) is 0 Å². The van der Waals surface area contributed by atoms with E-state index < -0.39 is 0 Å². The van der Waals surface area contributed by atoms with Gasteiger partial charge in [-0.2, -0.15) is 0 Å². The highest BCUT2D eigenvalue weighted by atomic mass is 35.5. The van der Waals surface area contributed by atoms with E-state index in [2.05, 4.69) is 0 Å². The summed E-state index contributed by atoms with van der Waals surface area (Å²) in [6, 6.07) is 11.2. The third-order valence-electron chi connectivity index (χ3n) is 2.54. The van der Waals surface area contributed by atoms with Crippen molar-refractivity contribution in [1.29, 1.82) is 0 Å². The van der Waals surface area contributed by atoms with Crippen LogP contribution in [0.5, 0.6) is 5.75 Å². The zero-order chi connectivity index (χ0) is 12.8. The number of hydrogen-bond donors (Lipinski definition) is 1. The molecule has 3 nitrogen and oxygen atoms in total. The van der Waals surface area contributed by atoms with Gasteiger partial charge in [-0.15, -0.1) is 0 Å². The van der Waals surface area contributed by atoms with Crippen molar-refractivity contribution < 1.29 is 9.15 Å². The van der Waals surface area contributed by atoms with E-state index in [0.717, 1.165) is 30.1 Å². The Hall–Kier alpha value is -1.45. The molecule has 0 fully saturated rings. The molecule has 0 spiro atoms. The van der Waals surface area contributed by atoms with Crippen LogP contribution in [0.25, 0.3) is 0 Å². The van der Waals surface area contributed by atoms with E-state index in [9.17, 15) is 0 Å². The lowest BCUT2D eigenvalue weighted by Crippen LogP contribution is -1.99. The third kappa shape index (κ3) is 3.79. The number of aryl methyl sites for hydroxylation is 1. The molecule has 0 atom stereocenters. The van der Waals surface area contributed by atoms with Gasteiger partial charge in [-0.3, -0.25) is 0 Å². The van der Waals surface area contributed by atoms with Gasteiger partial charge in [0.1, 0.15) is 23.9 Å². The highest BCUT2D eigenvalue weighted by molar-refractivity contribution is 6.30. The molecule has 1 heterocycles. The number of furan rings is 1. The molecular weight excluding hydrogens is 250 g/mol. The Morgan fingerprint density at radius 2 is 1.78 bits per heavy atom. The van der Waals surface area contributed by atoms with Crippen LogP contribution in [-0.2, 0) is 13.0 Å². The minimum absolute atomic E-state index is 0.421. The monoisotopic (exact) mass is 265 g/mol. The Morgan fingerprint density at radius 3 is 2.50 bits per heavy atom. The molecule has 0 radical (unpaired) electrons. The first-order chi connectivity index (χ1) is 8.78. The van der Waals surface area contributed by atoms with E-state index in [-0.39, 0.29) is 0 Å². The Morgan fingerprint density at radius 1 is 1.06 bits per heavy atom. The normalized spacial score (nSPS) is 10.6. The lowest BCUT2D eigenvalue weighted by atomic mass is 10.2. The minimum Gasteiger partial charge on any atom is -0.486 e. The summed E-state index contributed by atoms with van der Waals surface area (Å²) in [5.74, 6) is 2.55. The molecule has 2 aromatic rings. The molecule has 1 aromatic heterocycles. The van der Waals surface area contributed by atoms with Crippen molar-refractivity contribution in [3.05, 3.63) is 52.9 Å². The fourth-order valence-corrected chi connectivity index (χ4v) is 1.72.